The third kappa shape index (κ3) is 4.69. The maximum absolute atomic E-state index is 12.0. The van der Waals surface area contributed by atoms with Gasteiger partial charge in [0.1, 0.15) is 6.61 Å². The standard InChI is InChI=1S/C18H31NO5/c1-2-21-14-17(20)19-7-5-18(6-8-19)11-16(13-24-18)23-12-15-3-9-22-10-4-15/h15-16H,2-14H2,1H3/t16-/m1/s1. The molecule has 24 heavy (non-hydrogen) atoms. The molecule has 3 saturated heterocycles. The highest BCUT2D eigenvalue weighted by atomic mass is 16.6. The third-order valence-electron chi connectivity index (χ3n) is 5.54. The van der Waals surface area contributed by atoms with E-state index in [1.54, 1.807) is 0 Å². The van der Waals surface area contributed by atoms with E-state index in [9.17, 15) is 4.79 Å². The highest BCUT2D eigenvalue weighted by Gasteiger charge is 2.43. The first kappa shape index (κ1) is 18.1. The van der Waals surface area contributed by atoms with Gasteiger partial charge in [-0.2, -0.15) is 0 Å². The summed E-state index contributed by atoms with van der Waals surface area (Å²) in [6.45, 7) is 7.46. The quantitative estimate of drug-likeness (QED) is 0.735. The fraction of sp³-hybridized carbons (Fsp3) is 0.944. The number of rotatable bonds is 6. The van der Waals surface area contributed by atoms with Crippen LogP contribution in [0, 0.1) is 5.92 Å². The summed E-state index contributed by atoms with van der Waals surface area (Å²) in [5.74, 6) is 0.727. The molecule has 0 aliphatic carbocycles. The second-order valence-corrected chi connectivity index (χ2v) is 7.23. The Bertz CT molecular complexity index is 402. The van der Waals surface area contributed by atoms with Crippen LogP contribution in [0.4, 0.5) is 0 Å². The third-order valence-corrected chi connectivity index (χ3v) is 5.54. The van der Waals surface area contributed by atoms with Crippen molar-refractivity contribution in [3.63, 3.8) is 0 Å². The molecule has 6 nitrogen and oxygen atoms in total. The molecule has 0 aromatic carbocycles. The number of hydrogen-bond acceptors (Lipinski definition) is 5. The second-order valence-electron chi connectivity index (χ2n) is 7.23. The molecule has 0 bridgehead atoms. The lowest BCUT2D eigenvalue weighted by Gasteiger charge is -2.38. The summed E-state index contributed by atoms with van der Waals surface area (Å²) in [7, 11) is 0. The molecular weight excluding hydrogens is 310 g/mol. The SMILES string of the molecule is CCOCC(=O)N1CCC2(CC1)C[C@@H](OCC1CCOCC1)CO2. The summed E-state index contributed by atoms with van der Waals surface area (Å²) in [4.78, 5) is 13.9. The lowest BCUT2D eigenvalue weighted by atomic mass is 9.88. The lowest BCUT2D eigenvalue weighted by molar-refractivity contribution is -0.140. The van der Waals surface area contributed by atoms with Crippen LogP contribution < -0.4 is 0 Å². The van der Waals surface area contributed by atoms with Crippen molar-refractivity contribution in [2.45, 2.75) is 50.7 Å². The molecular formula is C18H31NO5. The summed E-state index contributed by atoms with van der Waals surface area (Å²) >= 11 is 0. The van der Waals surface area contributed by atoms with Gasteiger partial charge in [-0.3, -0.25) is 4.79 Å². The Morgan fingerprint density at radius 2 is 2.00 bits per heavy atom. The Hall–Kier alpha value is -0.690. The van der Waals surface area contributed by atoms with Crippen LogP contribution in [0.1, 0.15) is 39.0 Å². The average molecular weight is 341 g/mol. The molecule has 1 atom stereocenters. The Labute approximate surface area is 144 Å². The maximum atomic E-state index is 12.0. The Kier molecular flexibility index (Phi) is 6.49. The molecule has 3 aliphatic rings. The maximum Gasteiger partial charge on any atom is 0.248 e. The minimum Gasteiger partial charge on any atom is -0.381 e. The van der Waals surface area contributed by atoms with Crippen LogP contribution in [-0.2, 0) is 23.7 Å². The zero-order valence-corrected chi connectivity index (χ0v) is 14.8. The van der Waals surface area contributed by atoms with E-state index < -0.39 is 0 Å². The van der Waals surface area contributed by atoms with E-state index in [2.05, 4.69) is 0 Å². The molecule has 0 aromatic rings. The molecule has 0 saturated carbocycles. The van der Waals surface area contributed by atoms with Crippen LogP contribution >= 0.6 is 0 Å². The Balaban J connectivity index is 1.38. The van der Waals surface area contributed by atoms with Crippen molar-refractivity contribution in [1.82, 2.24) is 4.90 Å². The van der Waals surface area contributed by atoms with Crippen LogP contribution in [0.3, 0.4) is 0 Å². The van der Waals surface area contributed by atoms with Gasteiger partial charge < -0.3 is 23.8 Å². The van der Waals surface area contributed by atoms with Gasteiger partial charge in [-0.05, 0) is 38.5 Å². The van der Waals surface area contributed by atoms with Crippen molar-refractivity contribution in [2.24, 2.45) is 5.92 Å². The predicted octanol–water partition coefficient (Wildman–Crippen LogP) is 1.62. The van der Waals surface area contributed by atoms with Crippen LogP contribution in [0.2, 0.25) is 0 Å². The Morgan fingerprint density at radius 1 is 1.25 bits per heavy atom. The molecule has 0 unspecified atom stereocenters. The normalized spacial score (nSPS) is 27.7. The van der Waals surface area contributed by atoms with Gasteiger partial charge in [-0.1, -0.05) is 0 Å². The minimum absolute atomic E-state index is 0.0806. The van der Waals surface area contributed by atoms with Gasteiger partial charge in [0.2, 0.25) is 5.91 Å². The molecule has 0 radical (unpaired) electrons. The van der Waals surface area contributed by atoms with Crippen molar-refractivity contribution in [2.75, 3.05) is 52.7 Å². The second kappa shape index (κ2) is 8.61. The van der Waals surface area contributed by atoms with Gasteiger partial charge in [0, 0.05) is 39.3 Å². The first-order valence-electron chi connectivity index (χ1n) is 9.39. The van der Waals surface area contributed by atoms with E-state index in [-0.39, 0.29) is 24.2 Å². The average Bonchev–Trinajstić information content (AvgIpc) is 3.02. The number of hydrogen-bond donors (Lipinski definition) is 0. The van der Waals surface area contributed by atoms with Crippen molar-refractivity contribution in [3.8, 4) is 0 Å². The number of amides is 1. The van der Waals surface area contributed by atoms with Crippen molar-refractivity contribution < 1.29 is 23.7 Å². The van der Waals surface area contributed by atoms with Gasteiger partial charge in [-0.15, -0.1) is 0 Å². The van der Waals surface area contributed by atoms with Crippen LogP contribution in [0.25, 0.3) is 0 Å². The van der Waals surface area contributed by atoms with E-state index in [1.165, 1.54) is 0 Å². The van der Waals surface area contributed by atoms with Crippen LogP contribution in [0.15, 0.2) is 0 Å². The molecule has 1 amide bonds. The number of carbonyl (C=O) groups is 1. The van der Waals surface area contributed by atoms with E-state index in [0.29, 0.717) is 19.1 Å². The molecule has 0 aromatic heterocycles. The molecule has 0 N–H and O–H groups in total. The van der Waals surface area contributed by atoms with Gasteiger partial charge in [0.25, 0.3) is 0 Å². The lowest BCUT2D eigenvalue weighted by Crippen LogP contribution is -2.47. The van der Waals surface area contributed by atoms with Crippen molar-refractivity contribution in [3.05, 3.63) is 0 Å². The van der Waals surface area contributed by atoms with E-state index >= 15 is 0 Å². The predicted molar refractivity (Wildman–Crippen MR) is 88.9 cm³/mol. The molecule has 6 heteroatoms. The zero-order valence-electron chi connectivity index (χ0n) is 14.8. The fourth-order valence-electron chi connectivity index (χ4n) is 3.89. The summed E-state index contributed by atoms with van der Waals surface area (Å²) in [5, 5.41) is 0. The molecule has 138 valence electrons. The van der Waals surface area contributed by atoms with Gasteiger partial charge in [-0.25, -0.2) is 0 Å². The van der Waals surface area contributed by atoms with Gasteiger partial charge >= 0.3 is 0 Å². The largest absolute Gasteiger partial charge is 0.381 e. The summed E-state index contributed by atoms with van der Waals surface area (Å²) in [6, 6.07) is 0. The topological polar surface area (TPSA) is 57.2 Å². The minimum atomic E-state index is -0.0806. The van der Waals surface area contributed by atoms with Gasteiger partial charge in [0.15, 0.2) is 0 Å². The molecule has 3 heterocycles. The first-order valence-corrected chi connectivity index (χ1v) is 9.39. The van der Waals surface area contributed by atoms with Crippen molar-refractivity contribution in [1.29, 1.82) is 0 Å². The zero-order chi connectivity index (χ0) is 16.8. The van der Waals surface area contributed by atoms with Crippen LogP contribution in [0.5, 0.6) is 0 Å². The number of ether oxygens (including phenoxy) is 4. The van der Waals surface area contributed by atoms with Crippen molar-refractivity contribution >= 4 is 5.91 Å². The molecule has 3 fully saturated rings. The monoisotopic (exact) mass is 341 g/mol. The molecule has 1 spiro atoms. The summed E-state index contributed by atoms with van der Waals surface area (Å²) < 4.78 is 22.9. The van der Waals surface area contributed by atoms with E-state index in [1.807, 2.05) is 11.8 Å². The smallest absolute Gasteiger partial charge is 0.248 e. The number of piperidine rings is 1. The highest BCUT2D eigenvalue weighted by Crippen LogP contribution is 2.37. The first-order chi connectivity index (χ1) is 11.7. The van der Waals surface area contributed by atoms with E-state index in [0.717, 1.165) is 65.0 Å². The van der Waals surface area contributed by atoms with Gasteiger partial charge in [0.05, 0.1) is 24.9 Å². The summed E-state index contributed by atoms with van der Waals surface area (Å²) in [5.41, 5.74) is -0.0806. The summed E-state index contributed by atoms with van der Waals surface area (Å²) in [6.07, 6.45) is 5.19. The molecule has 3 rings (SSSR count). The number of nitrogens with zero attached hydrogens (tertiary/aromatic N) is 1. The Morgan fingerprint density at radius 3 is 2.71 bits per heavy atom. The molecule has 3 aliphatic heterocycles. The fourth-order valence-corrected chi connectivity index (χ4v) is 3.89. The number of carbonyl (C=O) groups excluding carboxylic acids is 1. The van der Waals surface area contributed by atoms with Crippen LogP contribution in [-0.4, -0.2) is 75.2 Å². The number of likely N-dealkylation sites (tertiary alicyclic amines) is 1. The highest BCUT2D eigenvalue weighted by molar-refractivity contribution is 5.77. The van der Waals surface area contributed by atoms with E-state index in [4.69, 9.17) is 18.9 Å².